The monoisotopic (exact) mass is 453 g/mol. The van der Waals surface area contributed by atoms with Crippen LogP contribution in [0.2, 0.25) is 0 Å². The van der Waals surface area contributed by atoms with Crippen molar-refractivity contribution in [3.8, 4) is 0 Å². The first-order chi connectivity index (χ1) is 15.3. The minimum atomic E-state index is -3.62. The van der Waals surface area contributed by atoms with E-state index in [0.29, 0.717) is 31.2 Å². The lowest BCUT2D eigenvalue weighted by Crippen LogP contribution is -2.37. The molecule has 0 unspecified atom stereocenters. The van der Waals surface area contributed by atoms with Gasteiger partial charge in [-0.1, -0.05) is 48.0 Å². The lowest BCUT2D eigenvalue weighted by atomic mass is 9.66. The lowest BCUT2D eigenvalue weighted by molar-refractivity contribution is 0.205. The summed E-state index contributed by atoms with van der Waals surface area (Å²) in [5, 5.41) is 0. The Labute approximate surface area is 191 Å². The molecule has 5 nitrogen and oxygen atoms in total. The first-order valence-corrected chi connectivity index (χ1v) is 12.3. The van der Waals surface area contributed by atoms with E-state index in [1.54, 1.807) is 30.7 Å². The van der Waals surface area contributed by atoms with Crippen molar-refractivity contribution in [3.05, 3.63) is 88.0 Å². The first kappa shape index (κ1) is 22.9. The van der Waals surface area contributed by atoms with E-state index in [0.717, 1.165) is 34.3 Å². The maximum atomic E-state index is 13.6. The normalized spacial score (nSPS) is 21.9. The number of methoxy groups -OCH3 is 2. The lowest BCUT2D eigenvalue weighted by Gasteiger charge is -2.38. The molecule has 0 radical (unpaired) electrons. The van der Waals surface area contributed by atoms with Gasteiger partial charge < -0.3 is 9.47 Å². The third-order valence-electron chi connectivity index (χ3n) is 6.80. The molecule has 4 rings (SSSR count). The standard InChI is InChI=1S/C26H31NO4S/c1-19-10-12-23(13-11-19)32(28,29)27-15-25-20(2)24(17-31-4)21(16-30-3)14-26(25,18-27)22-8-6-5-7-9-22/h5-13H,14-18H2,1-4H3/t26-/m1/s1. The molecule has 6 heteroatoms. The van der Waals surface area contributed by atoms with Crippen molar-refractivity contribution in [1.29, 1.82) is 0 Å². The van der Waals surface area contributed by atoms with Gasteiger partial charge in [0.05, 0.1) is 18.1 Å². The molecule has 0 spiro atoms. The SMILES string of the molecule is COCC1=C(COC)C(C)=C2CN(S(=O)(=O)c3ccc(C)cc3)C[C@@]2(c2ccccc2)C1. The zero-order valence-corrected chi connectivity index (χ0v) is 20.0. The number of benzene rings is 2. The number of aryl methyl sites for hydroxylation is 1. The molecule has 0 N–H and O–H groups in total. The Hall–Kier alpha value is -2.25. The zero-order valence-electron chi connectivity index (χ0n) is 19.2. The van der Waals surface area contributed by atoms with E-state index in [9.17, 15) is 8.42 Å². The summed E-state index contributed by atoms with van der Waals surface area (Å²) in [6.07, 6.45) is 0.718. The maximum absolute atomic E-state index is 13.6. The Kier molecular flexibility index (Phi) is 6.41. The number of fused-ring (bicyclic) bond motifs is 1. The number of hydrogen-bond acceptors (Lipinski definition) is 4. The Morgan fingerprint density at radius 1 is 0.938 bits per heavy atom. The topological polar surface area (TPSA) is 55.8 Å². The summed E-state index contributed by atoms with van der Waals surface area (Å²) in [4.78, 5) is 0.338. The van der Waals surface area contributed by atoms with Crippen molar-refractivity contribution < 1.29 is 17.9 Å². The summed E-state index contributed by atoms with van der Waals surface area (Å²) in [7, 11) is -0.235. The van der Waals surface area contributed by atoms with Crippen LogP contribution in [0.1, 0.15) is 24.5 Å². The van der Waals surface area contributed by atoms with Gasteiger partial charge in [0.25, 0.3) is 0 Å². The molecule has 1 aliphatic heterocycles. The van der Waals surface area contributed by atoms with Crippen LogP contribution in [0.25, 0.3) is 0 Å². The molecule has 1 aliphatic carbocycles. The second kappa shape index (κ2) is 8.94. The van der Waals surface area contributed by atoms with Gasteiger partial charge in [-0.15, -0.1) is 0 Å². The van der Waals surface area contributed by atoms with Crippen LogP contribution in [0.5, 0.6) is 0 Å². The fraction of sp³-hybridized carbons (Fsp3) is 0.385. The molecule has 170 valence electrons. The van der Waals surface area contributed by atoms with Gasteiger partial charge >= 0.3 is 0 Å². The fourth-order valence-electron chi connectivity index (χ4n) is 5.16. The maximum Gasteiger partial charge on any atom is 0.243 e. The molecular weight excluding hydrogens is 422 g/mol. The Balaban J connectivity index is 1.84. The van der Waals surface area contributed by atoms with Gasteiger partial charge in [-0.05, 0) is 60.3 Å². The highest BCUT2D eigenvalue weighted by Gasteiger charge is 2.50. The van der Waals surface area contributed by atoms with Crippen LogP contribution in [-0.2, 0) is 24.9 Å². The van der Waals surface area contributed by atoms with Crippen LogP contribution < -0.4 is 0 Å². The van der Waals surface area contributed by atoms with Crippen LogP contribution in [0.4, 0.5) is 0 Å². The van der Waals surface area contributed by atoms with Crippen molar-refractivity contribution in [2.75, 3.05) is 40.5 Å². The highest BCUT2D eigenvalue weighted by molar-refractivity contribution is 7.89. The molecule has 2 aromatic carbocycles. The van der Waals surface area contributed by atoms with E-state index in [-0.39, 0.29) is 0 Å². The first-order valence-electron chi connectivity index (χ1n) is 10.8. The molecule has 0 saturated carbocycles. The minimum Gasteiger partial charge on any atom is -0.380 e. The predicted molar refractivity (Wildman–Crippen MR) is 126 cm³/mol. The molecule has 2 aromatic rings. The molecule has 2 aliphatic rings. The van der Waals surface area contributed by atoms with Crippen molar-refractivity contribution in [2.45, 2.75) is 30.6 Å². The van der Waals surface area contributed by atoms with Crippen LogP contribution in [0, 0.1) is 6.92 Å². The fourth-order valence-corrected chi connectivity index (χ4v) is 6.63. The van der Waals surface area contributed by atoms with E-state index >= 15 is 0 Å². The molecule has 0 aromatic heterocycles. The Morgan fingerprint density at radius 3 is 2.22 bits per heavy atom. The summed E-state index contributed by atoms with van der Waals surface area (Å²) in [6, 6.07) is 17.4. The van der Waals surface area contributed by atoms with E-state index in [1.165, 1.54) is 5.57 Å². The number of nitrogens with zero attached hydrogens (tertiary/aromatic N) is 1. The third kappa shape index (κ3) is 3.86. The Morgan fingerprint density at radius 2 is 1.59 bits per heavy atom. The summed E-state index contributed by atoms with van der Waals surface area (Å²) >= 11 is 0. The number of ether oxygens (including phenoxy) is 2. The smallest absolute Gasteiger partial charge is 0.243 e. The van der Waals surface area contributed by atoms with Crippen LogP contribution in [0.3, 0.4) is 0 Å². The number of rotatable bonds is 7. The summed E-state index contributed by atoms with van der Waals surface area (Å²) in [5.74, 6) is 0. The van der Waals surface area contributed by atoms with Gasteiger partial charge in [0.1, 0.15) is 0 Å². The van der Waals surface area contributed by atoms with Crippen molar-refractivity contribution in [1.82, 2.24) is 4.31 Å². The summed E-state index contributed by atoms with van der Waals surface area (Å²) < 4.78 is 39.9. The molecular formula is C26H31NO4S. The summed E-state index contributed by atoms with van der Waals surface area (Å²) in [5.41, 5.74) is 6.35. The quantitative estimate of drug-likeness (QED) is 0.629. The third-order valence-corrected chi connectivity index (χ3v) is 8.60. The molecule has 0 amide bonds. The van der Waals surface area contributed by atoms with Crippen LogP contribution >= 0.6 is 0 Å². The number of hydrogen-bond donors (Lipinski definition) is 0. The highest BCUT2D eigenvalue weighted by Crippen LogP contribution is 2.51. The van der Waals surface area contributed by atoms with Crippen LogP contribution in [-0.4, -0.2) is 53.2 Å². The highest BCUT2D eigenvalue weighted by atomic mass is 32.2. The van der Waals surface area contributed by atoms with Crippen molar-refractivity contribution >= 4 is 10.0 Å². The van der Waals surface area contributed by atoms with Crippen LogP contribution in [0.15, 0.2) is 81.8 Å². The Bertz CT molecular complexity index is 1150. The van der Waals surface area contributed by atoms with E-state index < -0.39 is 15.4 Å². The summed E-state index contributed by atoms with van der Waals surface area (Å²) in [6.45, 7) is 5.84. The molecule has 1 saturated heterocycles. The average Bonchev–Trinajstić information content (AvgIpc) is 3.20. The molecule has 1 atom stereocenters. The molecule has 1 heterocycles. The van der Waals surface area contributed by atoms with Gasteiger partial charge in [0.15, 0.2) is 0 Å². The number of sulfonamides is 1. The van der Waals surface area contributed by atoms with Gasteiger partial charge in [-0.2, -0.15) is 4.31 Å². The molecule has 32 heavy (non-hydrogen) atoms. The zero-order chi connectivity index (χ0) is 22.9. The van der Waals surface area contributed by atoms with Crippen molar-refractivity contribution in [2.24, 2.45) is 0 Å². The second-order valence-corrected chi connectivity index (χ2v) is 10.7. The van der Waals surface area contributed by atoms with E-state index in [4.69, 9.17) is 9.47 Å². The van der Waals surface area contributed by atoms with E-state index in [2.05, 4.69) is 19.1 Å². The molecule has 1 fully saturated rings. The van der Waals surface area contributed by atoms with Gasteiger partial charge in [-0.25, -0.2) is 8.42 Å². The van der Waals surface area contributed by atoms with Gasteiger partial charge in [0, 0.05) is 32.7 Å². The largest absolute Gasteiger partial charge is 0.380 e. The minimum absolute atomic E-state index is 0.338. The van der Waals surface area contributed by atoms with E-state index in [1.807, 2.05) is 37.3 Å². The predicted octanol–water partition coefficient (Wildman–Crippen LogP) is 4.25. The van der Waals surface area contributed by atoms with Gasteiger partial charge in [-0.3, -0.25) is 0 Å². The second-order valence-electron chi connectivity index (χ2n) is 8.76. The molecule has 0 bridgehead atoms. The van der Waals surface area contributed by atoms with Crippen molar-refractivity contribution in [3.63, 3.8) is 0 Å². The average molecular weight is 454 g/mol. The van der Waals surface area contributed by atoms with Gasteiger partial charge in [0.2, 0.25) is 10.0 Å².